The molecule has 0 fully saturated rings. The minimum absolute atomic E-state index is 0.0216. The highest BCUT2D eigenvalue weighted by atomic mass is 16.4. The Bertz CT molecular complexity index is 415. The maximum Gasteiger partial charge on any atom is 0.335 e. The van der Waals surface area contributed by atoms with Crippen LogP contribution in [0.3, 0.4) is 0 Å². The van der Waals surface area contributed by atoms with E-state index in [1.165, 1.54) is 12.1 Å². The molecule has 0 aliphatic rings. The maximum absolute atomic E-state index is 11.6. The predicted molar refractivity (Wildman–Crippen MR) is 68.3 cm³/mol. The Labute approximate surface area is 106 Å². The largest absolute Gasteiger partial charge is 0.478 e. The molecule has 0 saturated carbocycles. The lowest BCUT2D eigenvalue weighted by Crippen LogP contribution is -2.33. The number of hydrogen-bond acceptors (Lipinski definition) is 3. The zero-order chi connectivity index (χ0) is 13.5. The second-order valence-corrected chi connectivity index (χ2v) is 4.18. The molecule has 18 heavy (non-hydrogen) atoms. The lowest BCUT2D eigenvalue weighted by atomic mass is 10.1. The molecule has 3 N–H and O–H groups in total. The van der Waals surface area contributed by atoms with Gasteiger partial charge in [-0.05, 0) is 24.7 Å². The highest BCUT2D eigenvalue weighted by Crippen LogP contribution is 2.04. The summed E-state index contributed by atoms with van der Waals surface area (Å²) in [5, 5.41) is 14.5. The second-order valence-electron chi connectivity index (χ2n) is 4.18. The van der Waals surface area contributed by atoms with Crippen molar-refractivity contribution in [3.8, 4) is 0 Å². The minimum atomic E-state index is -0.951. The molecule has 98 valence electrons. The number of benzene rings is 1. The van der Waals surface area contributed by atoms with Gasteiger partial charge in [0.05, 0.1) is 5.56 Å². The van der Waals surface area contributed by atoms with E-state index in [4.69, 9.17) is 5.11 Å². The van der Waals surface area contributed by atoms with Crippen molar-refractivity contribution >= 4 is 11.9 Å². The summed E-state index contributed by atoms with van der Waals surface area (Å²) in [5.41, 5.74) is 1.12. The summed E-state index contributed by atoms with van der Waals surface area (Å²) >= 11 is 0. The summed E-state index contributed by atoms with van der Waals surface area (Å²) in [6, 6.07) is 6.46. The van der Waals surface area contributed by atoms with E-state index >= 15 is 0 Å². The fourth-order valence-corrected chi connectivity index (χ4v) is 1.53. The smallest absolute Gasteiger partial charge is 0.335 e. The summed E-state index contributed by atoms with van der Waals surface area (Å²) in [5.74, 6) is -1.06. The van der Waals surface area contributed by atoms with Gasteiger partial charge in [0, 0.05) is 19.0 Å². The molecule has 5 heteroatoms. The summed E-state index contributed by atoms with van der Waals surface area (Å²) in [7, 11) is 1.80. The van der Waals surface area contributed by atoms with Crippen LogP contribution in [0.2, 0.25) is 0 Å². The zero-order valence-corrected chi connectivity index (χ0v) is 10.6. The fraction of sp³-hybridized carbons (Fsp3) is 0.385. The molecular formula is C13H18N2O3. The first kappa shape index (κ1) is 14.2. The first-order valence-corrected chi connectivity index (χ1v) is 5.79. The van der Waals surface area contributed by atoms with Gasteiger partial charge in [0.2, 0.25) is 5.91 Å². The normalized spacial score (nSPS) is 11.9. The number of hydrogen-bond donors (Lipinski definition) is 3. The molecule has 0 aliphatic carbocycles. The molecule has 0 aliphatic heterocycles. The zero-order valence-electron chi connectivity index (χ0n) is 10.6. The van der Waals surface area contributed by atoms with E-state index in [2.05, 4.69) is 10.6 Å². The van der Waals surface area contributed by atoms with Crippen LogP contribution in [-0.2, 0) is 11.3 Å². The van der Waals surface area contributed by atoms with Gasteiger partial charge in [0.1, 0.15) is 0 Å². The average molecular weight is 250 g/mol. The molecular weight excluding hydrogens is 232 g/mol. The number of aromatic carboxylic acids is 1. The van der Waals surface area contributed by atoms with Gasteiger partial charge in [-0.2, -0.15) is 0 Å². The summed E-state index contributed by atoms with van der Waals surface area (Å²) < 4.78 is 0. The SMILES string of the molecule is CNCC(C)C(=O)NCc1ccc(C(=O)O)cc1. The summed E-state index contributed by atoms with van der Waals surface area (Å²) in [6.07, 6.45) is 0. The molecule has 1 aromatic carbocycles. The molecule has 0 saturated heterocycles. The molecule has 5 nitrogen and oxygen atoms in total. The van der Waals surface area contributed by atoms with Crippen molar-refractivity contribution < 1.29 is 14.7 Å². The van der Waals surface area contributed by atoms with Crippen molar-refractivity contribution in [3.63, 3.8) is 0 Å². The van der Waals surface area contributed by atoms with Crippen LogP contribution in [0, 0.1) is 5.92 Å². The Morgan fingerprint density at radius 1 is 1.28 bits per heavy atom. The first-order chi connectivity index (χ1) is 8.54. The topological polar surface area (TPSA) is 78.4 Å². The standard InChI is InChI=1S/C13H18N2O3/c1-9(7-14-2)12(16)15-8-10-3-5-11(6-4-10)13(17)18/h3-6,9,14H,7-8H2,1-2H3,(H,15,16)(H,17,18). The minimum Gasteiger partial charge on any atom is -0.478 e. The molecule has 1 amide bonds. The number of carbonyl (C=O) groups excluding carboxylic acids is 1. The number of carboxylic acids is 1. The van der Waals surface area contributed by atoms with Crippen LogP contribution in [0.25, 0.3) is 0 Å². The van der Waals surface area contributed by atoms with Crippen LogP contribution in [0.1, 0.15) is 22.8 Å². The van der Waals surface area contributed by atoms with Crippen LogP contribution in [0.5, 0.6) is 0 Å². The van der Waals surface area contributed by atoms with E-state index in [0.29, 0.717) is 13.1 Å². The lowest BCUT2D eigenvalue weighted by Gasteiger charge is -2.11. The van der Waals surface area contributed by atoms with Gasteiger partial charge in [-0.15, -0.1) is 0 Å². The Hall–Kier alpha value is -1.88. The van der Waals surface area contributed by atoms with Gasteiger partial charge in [-0.3, -0.25) is 4.79 Å². The number of nitrogens with one attached hydrogen (secondary N) is 2. The van der Waals surface area contributed by atoms with Crippen molar-refractivity contribution in [2.75, 3.05) is 13.6 Å². The molecule has 1 aromatic rings. The highest BCUT2D eigenvalue weighted by Gasteiger charge is 2.11. The monoisotopic (exact) mass is 250 g/mol. The summed E-state index contributed by atoms with van der Waals surface area (Å²) in [6.45, 7) is 2.88. The Morgan fingerprint density at radius 3 is 2.39 bits per heavy atom. The fourth-order valence-electron chi connectivity index (χ4n) is 1.53. The van der Waals surface area contributed by atoms with E-state index in [9.17, 15) is 9.59 Å². The molecule has 0 radical (unpaired) electrons. The lowest BCUT2D eigenvalue weighted by molar-refractivity contribution is -0.124. The van der Waals surface area contributed by atoms with Gasteiger partial charge in [0.15, 0.2) is 0 Å². The van der Waals surface area contributed by atoms with Crippen LogP contribution >= 0.6 is 0 Å². The molecule has 0 heterocycles. The van der Waals surface area contributed by atoms with Gasteiger partial charge < -0.3 is 15.7 Å². The van der Waals surface area contributed by atoms with Crippen LogP contribution < -0.4 is 10.6 Å². The molecule has 1 unspecified atom stereocenters. The van der Waals surface area contributed by atoms with Gasteiger partial charge in [-0.1, -0.05) is 19.1 Å². The third-order valence-electron chi connectivity index (χ3n) is 2.63. The first-order valence-electron chi connectivity index (χ1n) is 5.79. The molecule has 1 atom stereocenters. The summed E-state index contributed by atoms with van der Waals surface area (Å²) in [4.78, 5) is 22.3. The Morgan fingerprint density at radius 2 is 1.89 bits per heavy atom. The third-order valence-corrected chi connectivity index (χ3v) is 2.63. The molecule has 1 rings (SSSR count). The maximum atomic E-state index is 11.6. The molecule has 0 spiro atoms. The Kier molecular flexibility index (Phi) is 5.32. The van der Waals surface area contributed by atoms with E-state index < -0.39 is 5.97 Å². The average Bonchev–Trinajstić information content (AvgIpc) is 2.36. The number of amides is 1. The van der Waals surface area contributed by atoms with Gasteiger partial charge in [0.25, 0.3) is 0 Å². The van der Waals surface area contributed by atoms with Crippen LogP contribution in [0.15, 0.2) is 24.3 Å². The number of rotatable bonds is 6. The highest BCUT2D eigenvalue weighted by molar-refractivity contribution is 5.87. The van der Waals surface area contributed by atoms with E-state index in [1.807, 2.05) is 6.92 Å². The van der Waals surface area contributed by atoms with Crippen molar-refractivity contribution in [1.29, 1.82) is 0 Å². The van der Waals surface area contributed by atoms with Crippen molar-refractivity contribution in [1.82, 2.24) is 10.6 Å². The van der Waals surface area contributed by atoms with Gasteiger partial charge >= 0.3 is 5.97 Å². The van der Waals surface area contributed by atoms with E-state index in [-0.39, 0.29) is 17.4 Å². The molecule has 0 bridgehead atoms. The van der Waals surface area contributed by atoms with E-state index in [0.717, 1.165) is 5.56 Å². The second kappa shape index (κ2) is 6.76. The van der Waals surface area contributed by atoms with Crippen molar-refractivity contribution in [2.24, 2.45) is 5.92 Å². The number of carbonyl (C=O) groups is 2. The van der Waals surface area contributed by atoms with Crippen molar-refractivity contribution in [2.45, 2.75) is 13.5 Å². The van der Waals surface area contributed by atoms with Gasteiger partial charge in [-0.25, -0.2) is 4.79 Å². The van der Waals surface area contributed by atoms with Crippen LogP contribution in [0.4, 0.5) is 0 Å². The quantitative estimate of drug-likeness (QED) is 0.699. The van der Waals surface area contributed by atoms with Crippen LogP contribution in [-0.4, -0.2) is 30.6 Å². The molecule has 0 aromatic heterocycles. The Balaban J connectivity index is 2.48. The van der Waals surface area contributed by atoms with Crippen molar-refractivity contribution in [3.05, 3.63) is 35.4 Å². The predicted octanol–water partition coefficient (Wildman–Crippen LogP) is 0.856. The number of carboxylic acid groups (broad SMARTS) is 1. The van der Waals surface area contributed by atoms with E-state index in [1.54, 1.807) is 19.2 Å². The third kappa shape index (κ3) is 4.18.